The van der Waals surface area contributed by atoms with Crippen LogP contribution in [-0.2, 0) is 20.3 Å². The second-order valence-corrected chi connectivity index (χ2v) is 12.2. The van der Waals surface area contributed by atoms with E-state index in [0.29, 0.717) is 17.9 Å². The molecule has 15 heteroatoms. The van der Waals surface area contributed by atoms with Crippen LogP contribution in [0.2, 0.25) is 0 Å². The average molecular weight is 599 g/mol. The maximum atomic E-state index is 14.1. The number of benzene rings is 1. The summed E-state index contributed by atoms with van der Waals surface area (Å²) < 4.78 is 60.3. The fourth-order valence-electron chi connectivity index (χ4n) is 4.94. The van der Waals surface area contributed by atoms with Crippen molar-refractivity contribution in [3.05, 3.63) is 60.7 Å². The molecule has 0 spiro atoms. The summed E-state index contributed by atoms with van der Waals surface area (Å²) in [6.45, 7) is 4.22. The van der Waals surface area contributed by atoms with E-state index < -0.39 is 32.8 Å². The van der Waals surface area contributed by atoms with Crippen LogP contribution in [0.15, 0.2) is 49.1 Å². The van der Waals surface area contributed by atoms with E-state index in [0.717, 1.165) is 12.4 Å². The van der Waals surface area contributed by atoms with Crippen LogP contribution >= 0.6 is 0 Å². The molecule has 2 atom stereocenters. The Labute approximate surface area is 242 Å². The van der Waals surface area contributed by atoms with Crippen LogP contribution in [0.25, 0.3) is 17.1 Å². The van der Waals surface area contributed by atoms with Crippen molar-refractivity contribution in [2.24, 2.45) is 0 Å². The number of rotatable bonds is 10. The predicted molar refractivity (Wildman–Crippen MR) is 151 cm³/mol. The minimum Gasteiger partial charge on any atom is -0.479 e. The van der Waals surface area contributed by atoms with Gasteiger partial charge in [0.25, 0.3) is 0 Å². The molecule has 5 rings (SSSR count). The Morgan fingerprint density at radius 2 is 1.64 bits per heavy atom. The second-order valence-electron chi connectivity index (χ2n) is 9.96. The van der Waals surface area contributed by atoms with Gasteiger partial charge in [0.15, 0.2) is 33.0 Å². The number of anilines is 1. The zero-order valence-corrected chi connectivity index (χ0v) is 24.4. The zero-order valence-electron chi connectivity index (χ0n) is 23.6. The highest BCUT2D eigenvalue weighted by molar-refractivity contribution is 7.91. The molecule has 4 heterocycles. The summed E-state index contributed by atoms with van der Waals surface area (Å²) in [4.78, 5) is 18.3. The van der Waals surface area contributed by atoms with E-state index >= 15 is 0 Å². The van der Waals surface area contributed by atoms with E-state index in [-0.39, 0.29) is 48.3 Å². The van der Waals surface area contributed by atoms with E-state index in [2.05, 4.69) is 30.1 Å². The van der Waals surface area contributed by atoms with Crippen molar-refractivity contribution >= 4 is 15.8 Å². The Hall–Kier alpha value is -4.24. The first-order chi connectivity index (χ1) is 20.2. The van der Waals surface area contributed by atoms with Gasteiger partial charge in [0.1, 0.15) is 12.1 Å². The second kappa shape index (κ2) is 12.3. The summed E-state index contributed by atoms with van der Waals surface area (Å²) >= 11 is 0. The first-order valence-corrected chi connectivity index (χ1v) is 14.9. The van der Waals surface area contributed by atoms with E-state index in [1.54, 1.807) is 9.47 Å². The molecule has 1 aromatic carbocycles. The summed E-state index contributed by atoms with van der Waals surface area (Å²) in [6, 6.07) is 9.19. The van der Waals surface area contributed by atoms with Crippen LogP contribution in [0, 0.1) is 5.82 Å². The Morgan fingerprint density at radius 1 is 0.976 bits per heavy atom. The highest BCUT2D eigenvalue weighted by Crippen LogP contribution is 2.34. The number of hydrogen-bond acceptors (Lipinski definition) is 12. The molecule has 1 aliphatic rings. The molecule has 1 fully saturated rings. The van der Waals surface area contributed by atoms with Gasteiger partial charge in [-0.15, -0.1) is 10.2 Å². The predicted octanol–water partition coefficient (Wildman–Crippen LogP) is 2.66. The maximum absolute atomic E-state index is 14.1. The first kappa shape index (κ1) is 29.3. The van der Waals surface area contributed by atoms with Crippen molar-refractivity contribution in [3.8, 4) is 28.8 Å². The number of ether oxygens (including phenoxy) is 3. The van der Waals surface area contributed by atoms with Gasteiger partial charge >= 0.3 is 0 Å². The molecule has 4 aromatic rings. The summed E-state index contributed by atoms with van der Waals surface area (Å²) in [7, 11) is -1.01. The molecule has 0 bridgehead atoms. The number of halogens is 1. The van der Waals surface area contributed by atoms with Gasteiger partial charge in [-0.25, -0.2) is 22.8 Å². The number of methoxy groups -OCH3 is 2. The molecule has 0 aliphatic carbocycles. The number of sulfone groups is 1. The van der Waals surface area contributed by atoms with Gasteiger partial charge in [0.2, 0.25) is 17.7 Å². The van der Waals surface area contributed by atoms with E-state index in [9.17, 15) is 12.8 Å². The molecular formula is C27H31FN8O5S. The molecule has 3 aromatic heterocycles. The molecule has 0 saturated carbocycles. The molecule has 0 radical (unpaired) electrons. The van der Waals surface area contributed by atoms with Crippen molar-refractivity contribution < 1.29 is 27.0 Å². The lowest BCUT2D eigenvalue weighted by atomic mass is 10.1. The first-order valence-electron chi connectivity index (χ1n) is 13.2. The van der Waals surface area contributed by atoms with Crippen LogP contribution < -0.4 is 14.4 Å². The molecule has 0 amide bonds. The Bertz CT molecular complexity index is 1600. The van der Waals surface area contributed by atoms with Crippen LogP contribution in [0.1, 0.15) is 26.1 Å². The topological polar surface area (TPSA) is 147 Å². The highest BCUT2D eigenvalue weighted by Gasteiger charge is 2.39. The van der Waals surface area contributed by atoms with Crippen LogP contribution in [0.5, 0.6) is 11.8 Å². The molecule has 1 saturated heterocycles. The van der Waals surface area contributed by atoms with Crippen LogP contribution in [-0.4, -0.2) is 87.9 Å². The zero-order chi connectivity index (χ0) is 29.9. The molecular weight excluding hydrogens is 567 g/mol. The molecule has 0 N–H and O–H groups in total. The van der Waals surface area contributed by atoms with Gasteiger partial charge in [-0.3, -0.25) is 4.57 Å². The number of nitrogens with zero attached hydrogens (tertiary/aromatic N) is 8. The Morgan fingerprint density at radius 3 is 2.26 bits per heavy atom. The van der Waals surface area contributed by atoms with Gasteiger partial charge < -0.3 is 19.1 Å². The molecule has 0 unspecified atom stereocenters. The number of piperidine rings is 1. The lowest BCUT2D eigenvalue weighted by molar-refractivity contribution is 0.00143. The van der Waals surface area contributed by atoms with Gasteiger partial charge in [0, 0.05) is 18.7 Å². The molecule has 13 nitrogen and oxygen atoms in total. The van der Waals surface area contributed by atoms with Gasteiger partial charge in [-0.1, -0.05) is 30.3 Å². The largest absolute Gasteiger partial charge is 0.479 e. The monoisotopic (exact) mass is 598 g/mol. The van der Waals surface area contributed by atoms with Crippen molar-refractivity contribution in [2.45, 2.75) is 43.5 Å². The third-order valence-electron chi connectivity index (χ3n) is 6.69. The minimum atomic E-state index is -3.89. The van der Waals surface area contributed by atoms with Crippen molar-refractivity contribution in [2.75, 3.05) is 32.2 Å². The van der Waals surface area contributed by atoms with Gasteiger partial charge in [-0.05, 0) is 20.3 Å². The quantitative estimate of drug-likeness (QED) is 0.264. The summed E-state index contributed by atoms with van der Waals surface area (Å²) in [5, 5.41) is 7.80. The lowest BCUT2D eigenvalue weighted by Crippen LogP contribution is -2.51. The van der Waals surface area contributed by atoms with Crippen molar-refractivity contribution in [1.29, 1.82) is 0 Å². The number of aromatic nitrogens is 7. The molecule has 1 aliphatic heterocycles. The van der Waals surface area contributed by atoms with Crippen molar-refractivity contribution in [1.82, 2.24) is 34.7 Å². The average Bonchev–Trinajstić information content (AvgIpc) is 3.39. The SMILES string of the molecule is COc1ncnc(OC)c1-n1c(CS(=O)(=O)[C@@H]2C[C@H](OC(C)C)CN(c3ncc(F)cn3)C2)nnc1-c1ccccc1. The van der Waals surface area contributed by atoms with E-state index in [1.165, 1.54) is 20.5 Å². The van der Waals surface area contributed by atoms with Gasteiger partial charge in [0.05, 0.1) is 44.1 Å². The van der Waals surface area contributed by atoms with Crippen LogP contribution in [0.4, 0.5) is 10.3 Å². The lowest BCUT2D eigenvalue weighted by Gasteiger charge is -2.38. The number of hydrogen-bond donors (Lipinski definition) is 0. The summed E-state index contributed by atoms with van der Waals surface area (Å²) in [5.74, 6) is -0.0424. The van der Waals surface area contributed by atoms with Gasteiger partial charge in [-0.2, -0.15) is 9.97 Å². The van der Waals surface area contributed by atoms with Crippen molar-refractivity contribution in [3.63, 3.8) is 0 Å². The third kappa shape index (κ3) is 6.16. The molecule has 42 heavy (non-hydrogen) atoms. The fourth-order valence-corrected chi connectivity index (χ4v) is 6.64. The Balaban J connectivity index is 1.56. The smallest absolute Gasteiger partial charge is 0.245 e. The maximum Gasteiger partial charge on any atom is 0.245 e. The standard InChI is InChI=1S/C27H31FN8O5S/c1-17(2)41-20-10-21(14-35(13-20)27-29-11-19(28)12-30-27)42(37,38)15-22-33-34-24(18-8-6-5-7-9-18)36(22)23-25(39-3)31-16-32-26(23)40-4/h5-9,11-12,16-17,20-21H,10,13-15H2,1-4H3/t20-,21+/m0/s1. The molecule has 222 valence electrons. The van der Waals surface area contributed by atoms with E-state index in [4.69, 9.17) is 14.2 Å². The fraction of sp³-hybridized carbons (Fsp3) is 0.407. The van der Waals surface area contributed by atoms with E-state index in [1.807, 2.05) is 44.2 Å². The highest BCUT2D eigenvalue weighted by atomic mass is 32.2. The summed E-state index contributed by atoms with van der Waals surface area (Å²) in [6.07, 6.45) is 3.07. The Kier molecular flexibility index (Phi) is 8.59. The van der Waals surface area contributed by atoms with Crippen LogP contribution in [0.3, 0.4) is 0 Å². The third-order valence-corrected chi connectivity index (χ3v) is 8.71. The minimum absolute atomic E-state index is 0.0900. The normalized spacial score (nSPS) is 17.4. The summed E-state index contributed by atoms with van der Waals surface area (Å²) in [5.41, 5.74) is 0.951.